The summed E-state index contributed by atoms with van der Waals surface area (Å²) in [7, 11) is 0. The van der Waals surface area contributed by atoms with Gasteiger partial charge in [0.05, 0.1) is 22.2 Å². The molecule has 202 valence electrons. The highest BCUT2D eigenvalue weighted by molar-refractivity contribution is 8.00. The molecule has 1 aliphatic heterocycles. The van der Waals surface area contributed by atoms with Crippen molar-refractivity contribution in [2.45, 2.75) is 35.8 Å². The fourth-order valence-electron chi connectivity index (χ4n) is 5.08. The number of thioether (sulfide) groups is 1. The van der Waals surface area contributed by atoms with Gasteiger partial charge in [-0.3, -0.25) is 9.59 Å². The van der Waals surface area contributed by atoms with Crippen molar-refractivity contribution in [2.24, 2.45) is 0 Å². The third kappa shape index (κ3) is 5.29. The van der Waals surface area contributed by atoms with Crippen LogP contribution in [0.5, 0.6) is 0 Å². The van der Waals surface area contributed by atoms with E-state index < -0.39 is 5.82 Å². The third-order valence-corrected chi connectivity index (χ3v) is 8.93. The van der Waals surface area contributed by atoms with Crippen molar-refractivity contribution in [2.75, 3.05) is 31.1 Å². The molecule has 6 rings (SSSR count). The van der Waals surface area contributed by atoms with E-state index in [1.165, 1.54) is 31.5 Å². The second-order valence-electron chi connectivity index (χ2n) is 10.2. The predicted octanol–water partition coefficient (Wildman–Crippen LogP) is 4.53. The molecule has 2 aromatic heterocycles. The number of rotatable bonds is 6. The van der Waals surface area contributed by atoms with Crippen LogP contribution in [0.15, 0.2) is 64.4 Å². The molecule has 1 saturated heterocycles. The number of anilines is 1. The van der Waals surface area contributed by atoms with Crippen LogP contribution in [0.4, 0.5) is 10.2 Å². The molecule has 0 unspecified atom stereocenters. The predicted molar refractivity (Wildman–Crippen MR) is 152 cm³/mol. The molecule has 2 aliphatic rings. The van der Waals surface area contributed by atoms with Gasteiger partial charge in [0, 0.05) is 54.3 Å². The van der Waals surface area contributed by atoms with Crippen LogP contribution < -0.4 is 10.5 Å². The third-order valence-electron chi connectivity index (χ3n) is 7.59. The molecule has 0 bridgehead atoms. The second-order valence-corrected chi connectivity index (χ2v) is 11.5. The SMILES string of the molecule is N#Cc1ccc(N2CCN(C(=O)c3cc(Cc4n[nH]c(=O)c5ccc(SC6CCC6)cc45)ccc3F)CC2)nc1. The number of halogens is 1. The van der Waals surface area contributed by atoms with Crippen molar-refractivity contribution in [1.82, 2.24) is 20.1 Å². The van der Waals surface area contributed by atoms with Gasteiger partial charge in [0.1, 0.15) is 17.7 Å². The first-order valence-corrected chi connectivity index (χ1v) is 14.2. The molecule has 1 N–H and O–H groups in total. The first-order chi connectivity index (χ1) is 19.5. The van der Waals surface area contributed by atoms with E-state index in [4.69, 9.17) is 5.26 Å². The molecular weight excluding hydrogens is 527 g/mol. The average molecular weight is 555 g/mol. The van der Waals surface area contributed by atoms with Crippen LogP contribution in [-0.2, 0) is 6.42 Å². The van der Waals surface area contributed by atoms with Crippen LogP contribution in [0.3, 0.4) is 0 Å². The highest BCUT2D eigenvalue weighted by atomic mass is 32.2. The molecule has 1 aliphatic carbocycles. The number of aromatic amines is 1. The number of carbonyl (C=O) groups is 1. The first kappa shape index (κ1) is 26.0. The van der Waals surface area contributed by atoms with Crippen molar-refractivity contribution < 1.29 is 9.18 Å². The molecular formula is C30H27FN6O2S. The maximum Gasteiger partial charge on any atom is 0.272 e. The lowest BCUT2D eigenvalue weighted by Crippen LogP contribution is -2.49. The number of nitriles is 1. The quantitative estimate of drug-likeness (QED) is 0.373. The number of carbonyl (C=O) groups excluding carboxylic acids is 1. The molecule has 0 atom stereocenters. The Morgan fingerprint density at radius 3 is 2.60 bits per heavy atom. The normalized spacial score (nSPS) is 15.6. The Hall–Kier alpha value is -4.23. The Kier molecular flexibility index (Phi) is 7.22. The molecule has 10 heteroatoms. The van der Waals surface area contributed by atoms with Crippen LogP contribution in [-0.4, -0.2) is 57.4 Å². The number of nitrogens with zero attached hydrogens (tertiary/aromatic N) is 5. The van der Waals surface area contributed by atoms with Gasteiger partial charge in [0.15, 0.2) is 0 Å². The lowest BCUT2D eigenvalue weighted by molar-refractivity contribution is 0.0741. The zero-order chi connectivity index (χ0) is 27.6. The zero-order valence-electron chi connectivity index (χ0n) is 21.8. The number of hydrogen-bond acceptors (Lipinski definition) is 7. The number of amides is 1. The van der Waals surface area contributed by atoms with Crippen molar-refractivity contribution in [1.29, 1.82) is 5.26 Å². The Bertz CT molecular complexity index is 1670. The van der Waals surface area contributed by atoms with Gasteiger partial charge in [-0.2, -0.15) is 10.4 Å². The number of H-pyrrole nitrogens is 1. The van der Waals surface area contributed by atoms with Crippen LogP contribution in [0.25, 0.3) is 10.8 Å². The summed E-state index contributed by atoms with van der Waals surface area (Å²) in [5.41, 5.74) is 1.69. The molecule has 4 aromatic rings. The molecule has 1 saturated carbocycles. The van der Waals surface area contributed by atoms with Gasteiger partial charge < -0.3 is 9.80 Å². The van der Waals surface area contributed by atoms with E-state index in [1.807, 2.05) is 34.9 Å². The molecule has 1 amide bonds. The highest BCUT2D eigenvalue weighted by Crippen LogP contribution is 2.37. The Morgan fingerprint density at radius 1 is 1.07 bits per heavy atom. The monoisotopic (exact) mass is 554 g/mol. The maximum absolute atomic E-state index is 14.9. The summed E-state index contributed by atoms with van der Waals surface area (Å²) in [6.07, 6.45) is 5.55. The number of hydrogen-bond donors (Lipinski definition) is 1. The second kappa shape index (κ2) is 11.1. The average Bonchev–Trinajstić information content (AvgIpc) is 2.97. The summed E-state index contributed by atoms with van der Waals surface area (Å²) in [4.78, 5) is 34.9. The topological polar surface area (TPSA) is 106 Å². The van der Waals surface area contributed by atoms with Crippen LogP contribution in [0.1, 0.15) is 46.4 Å². The molecule has 2 fully saturated rings. The Labute approximate surface area is 234 Å². The van der Waals surface area contributed by atoms with E-state index >= 15 is 0 Å². The number of aromatic nitrogens is 3. The van der Waals surface area contributed by atoms with E-state index in [9.17, 15) is 14.0 Å². The lowest BCUT2D eigenvalue weighted by atomic mass is 10.00. The van der Waals surface area contributed by atoms with E-state index in [0.29, 0.717) is 54.5 Å². The fraction of sp³-hybridized carbons (Fsp3) is 0.300. The fourth-order valence-corrected chi connectivity index (χ4v) is 6.36. The van der Waals surface area contributed by atoms with Crippen molar-refractivity contribution in [3.63, 3.8) is 0 Å². The maximum atomic E-state index is 14.9. The van der Waals surface area contributed by atoms with Gasteiger partial charge in [-0.15, -0.1) is 11.8 Å². The standard InChI is InChI=1S/C30H27FN6O2S/c31-26-8-4-19(15-27-24-16-22(40-21-2-1-3-21)6-7-23(24)29(38)35-34-27)14-25(26)30(39)37-12-10-36(11-13-37)28-9-5-20(17-32)18-33-28/h4-9,14,16,18,21H,1-3,10-13,15H2,(H,35,38). The minimum Gasteiger partial charge on any atom is -0.353 e. The van der Waals surface area contributed by atoms with E-state index in [0.717, 1.165) is 21.7 Å². The minimum absolute atomic E-state index is 0.0254. The Balaban J connectivity index is 1.19. The molecule has 8 nitrogen and oxygen atoms in total. The minimum atomic E-state index is -0.566. The van der Waals surface area contributed by atoms with Crippen molar-refractivity contribution >= 4 is 34.3 Å². The van der Waals surface area contributed by atoms with Crippen LogP contribution in [0, 0.1) is 17.1 Å². The molecule has 0 radical (unpaired) electrons. The summed E-state index contributed by atoms with van der Waals surface area (Å²) >= 11 is 1.83. The number of benzene rings is 2. The zero-order valence-corrected chi connectivity index (χ0v) is 22.6. The van der Waals surface area contributed by atoms with E-state index in [1.54, 1.807) is 29.2 Å². The van der Waals surface area contributed by atoms with Gasteiger partial charge in [-0.25, -0.2) is 14.5 Å². The van der Waals surface area contributed by atoms with Crippen LogP contribution in [0.2, 0.25) is 0 Å². The summed E-state index contributed by atoms with van der Waals surface area (Å²) in [5.74, 6) is -0.178. The van der Waals surface area contributed by atoms with Gasteiger partial charge in [-0.05, 0) is 60.9 Å². The molecule has 0 spiro atoms. The summed E-state index contributed by atoms with van der Waals surface area (Å²) < 4.78 is 14.9. The van der Waals surface area contributed by atoms with E-state index in [-0.39, 0.29) is 17.0 Å². The number of piperazine rings is 1. The smallest absolute Gasteiger partial charge is 0.272 e. The van der Waals surface area contributed by atoms with Gasteiger partial charge >= 0.3 is 0 Å². The lowest BCUT2D eigenvalue weighted by Gasteiger charge is -2.35. The summed E-state index contributed by atoms with van der Waals surface area (Å²) in [6, 6.07) is 16.0. The number of nitrogens with one attached hydrogen (secondary N) is 1. The molecule has 2 aromatic carbocycles. The van der Waals surface area contributed by atoms with Gasteiger partial charge in [0.25, 0.3) is 11.5 Å². The summed E-state index contributed by atoms with van der Waals surface area (Å²) in [6.45, 7) is 1.97. The van der Waals surface area contributed by atoms with E-state index in [2.05, 4.69) is 21.3 Å². The van der Waals surface area contributed by atoms with Crippen LogP contribution >= 0.6 is 11.8 Å². The number of pyridine rings is 1. The Morgan fingerprint density at radius 2 is 1.90 bits per heavy atom. The van der Waals surface area contributed by atoms with Crippen molar-refractivity contribution in [3.8, 4) is 6.07 Å². The van der Waals surface area contributed by atoms with Gasteiger partial charge in [0.2, 0.25) is 0 Å². The first-order valence-electron chi connectivity index (χ1n) is 13.4. The van der Waals surface area contributed by atoms with Crippen molar-refractivity contribution in [3.05, 3.63) is 93.3 Å². The largest absolute Gasteiger partial charge is 0.353 e. The highest BCUT2D eigenvalue weighted by Gasteiger charge is 2.25. The summed E-state index contributed by atoms with van der Waals surface area (Å²) in [5, 5.41) is 17.8. The van der Waals surface area contributed by atoms with Gasteiger partial charge in [-0.1, -0.05) is 12.5 Å². The molecule has 3 heterocycles. The number of fused-ring (bicyclic) bond motifs is 1. The molecule has 40 heavy (non-hydrogen) atoms.